The van der Waals surface area contributed by atoms with Gasteiger partial charge in [0.1, 0.15) is 11.9 Å². The molecule has 1 unspecified atom stereocenters. The minimum absolute atomic E-state index is 0.130. The van der Waals surface area contributed by atoms with Crippen molar-refractivity contribution in [2.45, 2.75) is 25.9 Å². The second kappa shape index (κ2) is 6.94. The molecular weight excluding hydrogens is 278 g/mol. The van der Waals surface area contributed by atoms with Crippen LogP contribution in [0.2, 0.25) is 4.34 Å². The molecule has 1 heterocycles. The van der Waals surface area contributed by atoms with E-state index in [-0.39, 0.29) is 6.10 Å². The zero-order valence-electron chi connectivity index (χ0n) is 10.9. The molecule has 0 spiro atoms. The van der Waals surface area contributed by atoms with Gasteiger partial charge in [0.15, 0.2) is 0 Å². The summed E-state index contributed by atoms with van der Waals surface area (Å²) in [7, 11) is 0. The van der Waals surface area contributed by atoms with Crippen molar-refractivity contribution in [1.29, 1.82) is 0 Å². The number of benzene rings is 1. The van der Waals surface area contributed by atoms with E-state index in [1.165, 1.54) is 16.9 Å². The van der Waals surface area contributed by atoms with Crippen molar-refractivity contribution in [3.05, 3.63) is 51.2 Å². The Labute approximate surface area is 123 Å². The molecule has 2 rings (SSSR count). The van der Waals surface area contributed by atoms with Crippen molar-refractivity contribution >= 4 is 22.9 Å². The molecule has 0 saturated heterocycles. The lowest BCUT2D eigenvalue weighted by Crippen LogP contribution is -2.17. The number of halogens is 1. The zero-order chi connectivity index (χ0) is 13.7. The molecule has 0 aliphatic carbocycles. The highest BCUT2D eigenvalue weighted by Crippen LogP contribution is 2.29. The lowest BCUT2D eigenvalue weighted by Gasteiger charge is -2.16. The number of nitrogens with two attached hydrogens (primary N) is 1. The van der Waals surface area contributed by atoms with Gasteiger partial charge in [-0.1, -0.05) is 37.1 Å². The van der Waals surface area contributed by atoms with Crippen molar-refractivity contribution in [3.63, 3.8) is 0 Å². The summed E-state index contributed by atoms with van der Waals surface area (Å²) in [4.78, 5) is 1.06. The van der Waals surface area contributed by atoms with Crippen molar-refractivity contribution < 1.29 is 4.74 Å². The first-order valence-electron chi connectivity index (χ1n) is 6.43. The van der Waals surface area contributed by atoms with E-state index in [1.807, 2.05) is 24.3 Å². The van der Waals surface area contributed by atoms with Crippen LogP contribution in [0.4, 0.5) is 0 Å². The van der Waals surface area contributed by atoms with Crippen LogP contribution in [0.1, 0.15) is 29.9 Å². The summed E-state index contributed by atoms with van der Waals surface area (Å²) < 4.78 is 6.68. The van der Waals surface area contributed by atoms with Gasteiger partial charge in [0.2, 0.25) is 0 Å². The minimum atomic E-state index is -0.130. The lowest BCUT2D eigenvalue weighted by atomic mass is 10.1. The van der Waals surface area contributed by atoms with E-state index in [1.54, 1.807) is 0 Å². The molecule has 1 atom stereocenters. The second-order valence-electron chi connectivity index (χ2n) is 4.38. The SMILES string of the molecule is CCCc1ccc(OC(CN)c2ccc(Cl)s2)cc1. The Morgan fingerprint density at radius 3 is 2.47 bits per heavy atom. The van der Waals surface area contributed by atoms with E-state index >= 15 is 0 Å². The van der Waals surface area contributed by atoms with Crippen LogP contribution >= 0.6 is 22.9 Å². The fourth-order valence-corrected chi connectivity index (χ4v) is 3.01. The van der Waals surface area contributed by atoms with Gasteiger partial charge >= 0.3 is 0 Å². The summed E-state index contributed by atoms with van der Waals surface area (Å²) >= 11 is 7.45. The number of hydrogen-bond acceptors (Lipinski definition) is 3. The highest BCUT2D eigenvalue weighted by atomic mass is 35.5. The molecular formula is C15H18ClNOS. The molecule has 0 aliphatic rings. The largest absolute Gasteiger partial charge is 0.484 e. The van der Waals surface area contributed by atoms with Crippen molar-refractivity contribution in [3.8, 4) is 5.75 Å². The van der Waals surface area contributed by atoms with Gasteiger partial charge in [-0.3, -0.25) is 0 Å². The molecule has 2 aromatic rings. The van der Waals surface area contributed by atoms with E-state index in [0.717, 1.165) is 27.8 Å². The number of ether oxygens (including phenoxy) is 1. The summed E-state index contributed by atoms with van der Waals surface area (Å²) in [5.74, 6) is 0.847. The molecule has 19 heavy (non-hydrogen) atoms. The highest BCUT2D eigenvalue weighted by Gasteiger charge is 2.13. The number of thiophene rings is 1. The summed E-state index contributed by atoms with van der Waals surface area (Å²) in [5.41, 5.74) is 7.11. The van der Waals surface area contributed by atoms with Crippen LogP contribution in [0.15, 0.2) is 36.4 Å². The molecule has 102 valence electrons. The smallest absolute Gasteiger partial charge is 0.145 e. The second-order valence-corrected chi connectivity index (χ2v) is 6.12. The topological polar surface area (TPSA) is 35.2 Å². The van der Waals surface area contributed by atoms with Crippen LogP contribution in [0.5, 0.6) is 5.75 Å². The molecule has 4 heteroatoms. The quantitative estimate of drug-likeness (QED) is 0.855. The predicted molar refractivity (Wildman–Crippen MR) is 82.2 cm³/mol. The fourth-order valence-electron chi connectivity index (χ4n) is 1.91. The monoisotopic (exact) mass is 295 g/mol. The molecule has 0 saturated carbocycles. The average molecular weight is 296 g/mol. The van der Waals surface area contributed by atoms with Crippen LogP contribution in [0, 0.1) is 0 Å². The molecule has 0 aliphatic heterocycles. The first kappa shape index (κ1) is 14.4. The summed E-state index contributed by atoms with van der Waals surface area (Å²) in [5, 5.41) is 0. The van der Waals surface area contributed by atoms with Crippen LogP contribution in [0.25, 0.3) is 0 Å². The van der Waals surface area contributed by atoms with Crippen LogP contribution < -0.4 is 10.5 Å². The van der Waals surface area contributed by atoms with E-state index in [9.17, 15) is 0 Å². The van der Waals surface area contributed by atoms with Gasteiger partial charge < -0.3 is 10.5 Å². The normalized spacial score (nSPS) is 12.4. The van der Waals surface area contributed by atoms with Gasteiger partial charge in [-0.05, 0) is 36.2 Å². The number of hydrogen-bond donors (Lipinski definition) is 1. The van der Waals surface area contributed by atoms with Crippen molar-refractivity contribution in [2.75, 3.05) is 6.54 Å². The van der Waals surface area contributed by atoms with E-state index < -0.39 is 0 Å². The first-order valence-corrected chi connectivity index (χ1v) is 7.63. The lowest BCUT2D eigenvalue weighted by molar-refractivity contribution is 0.218. The maximum Gasteiger partial charge on any atom is 0.145 e. The van der Waals surface area contributed by atoms with E-state index in [2.05, 4.69) is 19.1 Å². The molecule has 2 nitrogen and oxygen atoms in total. The maximum absolute atomic E-state index is 5.94. The first-order chi connectivity index (χ1) is 9.22. The van der Waals surface area contributed by atoms with Crippen molar-refractivity contribution in [1.82, 2.24) is 0 Å². The summed E-state index contributed by atoms with van der Waals surface area (Å²) in [6.45, 7) is 2.61. The molecule has 0 amide bonds. The Morgan fingerprint density at radius 2 is 1.95 bits per heavy atom. The van der Waals surface area contributed by atoms with Crippen LogP contribution in [0.3, 0.4) is 0 Å². The highest BCUT2D eigenvalue weighted by molar-refractivity contribution is 7.16. The third-order valence-corrected chi connectivity index (χ3v) is 4.19. The maximum atomic E-state index is 5.94. The van der Waals surface area contributed by atoms with Gasteiger partial charge in [-0.25, -0.2) is 0 Å². The van der Waals surface area contributed by atoms with Crippen LogP contribution in [-0.2, 0) is 6.42 Å². The molecule has 1 aromatic heterocycles. The van der Waals surface area contributed by atoms with Gasteiger partial charge in [-0.15, -0.1) is 11.3 Å². The Bertz CT molecular complexity index is 509. The molecule has 0 fully saturated rings. The van der Waals surface area contributed by atoms with Gasteiger partial charge in [0, 0.05) is 11.4 Å². The fraction of sp³-hybridized carbons (Fsp3) is 0.333. The Hall–Kier alpha value is -1.03. The van der Waals surface area contributed by atoms with E-state index in [0.29, 0.717) is 6.54 Å². The van der Waals surface area contributed by atoms with E-state index in [4.69, 9.17) is 22.1 Å². The zero-order valence-corrected chi connectivity index (χ0v) is 12.5. The van der Waals surface area contributed by atoms with Gasteiger partial charge in [0.25, 0.3) is 0 Å². The summed E-state index contributed by atoms with van der Waals surface area (Å²) in [6, 6.07) is 12.1. The Morgan fingerprint density at radius 1 is 1.21 bits per heavy atom. The number of aryl methyl sites for hydroxylation is 1. The van der Waals surface area contributed by atoms with Gasteiger partial charge in [0.05, 0.1) is 4.34 Å². The Kier molecular flexibility index (Phi) is 5.25. The summed E-state index contributed by atoms with van der Waals surface area (Å²) in [6.07, 6.45) is 2.12. The third kappa shape index (κ3) is 3.96. The predicted octanol–water partition coefficient (Wildman–Crippen LogP) is 4.43. The third-order valence-electron chi connectivity index (χ3n) is 2.87. The molecule has 1 aromatic carbocycles. The number of rotatable bonds is 6. The minimum Gasteiger partial charge on any atom is -0.484 e. The average Bonchev–Trinajstić information content (AvgIpc) is 2.85. The molecule has 2 N–H and O–H groups in total. The standard InChI is InChI=1S/C15H18ClNOS/c1-2-3-11-4-6-12(7-5-11)18-13(10-17)14-8-9-15(16)19-14/h4-9,13H,2-3,10,17H2,1H3. The van der Waals surface area contributed by atoms with Crippen molar-refractivity contribution in [2.24, 2.45) is 5.73 Å². The van der Waals surface area contributed by atoms with Crippen LogP contribution in [-0.4, -0.2) is 6.54 Å². The molecule has 0 bridgehead atoms. The Balaban J connectivity index is 2.05. The van der Waals surface area contributed by atoms with Gasteiger partial charge in [-0.2, -0.15) is 0 Å². The molecule has 0 radical (unpaired) electrons.